The Labute approximate surface area is 233 Å². The highest BCUT2D eigenvalue weighted by molar-refractivity contribution is 6.04. The first-order chi connectivity index (χ1) is 19.1. The number of carbonyl (C=O) groups is 2. The molecule has 0 spiro atoms. The van der Waals surface area contributed by atoms with Gasteiger partial charge in [-0.2, -0.15) is 10.3 Å². The minimum atomic E-state index is -0.367. The van der Waals surface area contributed by atoms with Crippen LogP contribution in [0.15, 0.2) is 48.8 Å². The topological polar surface area (TPSA) is 144 Å². The second-order valence-electron chi connectivity index (χ2n) is 10.5. The number of aromatic nitrogens is 7. The molecule has 0 atom stereocenters. The molecule has 2 amide bonds. The molecule has 4 aromatic rings. The molecule has 1 aromatic carbocycles. The average Bonchev–Trinajstić information content (AvgIpc) is 3.59. The molecule has 5 rings (SSSR count). The number of ether oxygens (including phenoxy) is 1. The summed E-state index contributed by atoms with van der Waals surface area (Å²) in [7, 11) is 1.81. The first-order valence-corrected chi connectivity index (χ1v) is 13.2. The van der Waals surface area contributed by atoms with Crippen LogP contribution in [-0.2, 0) is 11.8 Å². The van der Waals surface area contributed by atoms with Crippen molar-refractivity contribution in [3.05, 3.63) is 59.9 Å². The number of anilines is 1. The van der Waals surface area contributed by atoms with Crippen LogP contribution in [0, 0.1) is 6.92 Å². The Morgan fingerprint density at radius 2 is 1.77 bits per heavy atom. The quantitative estimate of drug-likeness (QED) is 0.378. The Hall–Kier alpha value is -4.61. The molecule has 0 bridgehead atoms. The number of H-pyrrole nitrogens is 1. The van der Waals surface area contributed by atoms with E-state index >= 15 is 0 Å². The van der Waals surface area contributed by atoms with Crippen molar-refractivity contribution < 1.29 is 14.3 Å². The largest absolute Gasteiger partial charge is 0.444 e. The predicted molar refractivity (Wildman–Crippen MR) is 150 cm³/mol. The third-order valence-corrected chi connectivity index (χ3v) is 6.20. The molecule has 210 valence electrons. The van der Waals surface area contributed by atoms with Crippen molar-refractivity contribution in [2.24, 2.45) is 7.05 Å². The second-order valence-corrected chi connectivity index (χ2v) is 10.5. The Balaban J connectivity index is 0.000000240. The maximum absolute atomic E-state index is 12.5. The zero-order valence-electron chi connectivity index (χ0n) is 23.5. The lowest BCUT2D eigenvalue weighted by molar-refractivity contribution is 0.0216. The summed E-state index contributed by atoms with van der Waals surface area (Å²) in [5.74, 6) is 0.795. The molecule has 1 aliphatic heterocycles. The molecular formula is C28H35N9O3. The SMILES string of the molecule is CC(C)(C)OC(=O)N1CCCCC1.Cc1cccnc1NC(=O)c1ccc(-c2cnn(C)c2-c2nn[nH]n2)cc1. The van der Waals surface area contributed by atoms with Gasteiger partial charge in [0.1, 0.15) is 17.1 Å². The van der Waals surface area contributed by atoms with Crippen molar-refractivity contribution in [3.8, 4) is 22.6 Å². The number of pyridine rings is 1. The van der Waals surface area contributed by atoms with Gasteiger partial charge in [0.15, 0.2) is 0 Å². The van der Waals surface area contributed by atoms with Gasteiger partial charge in [-0.05, 0) is 81.5 Å². The number of carbonyl (C=O) groups excluding carboxylic acids is 2. The predicted octanol–water partition coefficient (Wildman–Crippen LogP) is 4.63. The van der Waals surface area contributed by atoms with Crippen LogP contribution in [0.3, 0.4) is 0 Å². The van der Waals surface area contributed by atoms with E-state index in [1.807, 2.05) is 59.0 Å². The molecule has 0 saturated carbocycles. The average molecular weight is 546 g/mol. The maximum atomic E-state index is 12.5. The fourth-order valence-electron chi connectivity index (χ4n) is 4.18. The highest BCUT2D eigenvalue weighted by Crippen LogP contribution is 2.29. The number of aromatic amines is 1. The van der Waals surface area contributed by atoms with Gasteiger partial charge < -0.3 is 15.0 Å². The number of piperidine rings is 1. The number of nitrogens with one attached hydrogen (secondary N) is 2. The lowest BCUT2D eigenvalue weighted by Gasteiger charge is -2.29. The molecule has 12 heteroatoms. The zero-order chi connectivity index (χ0) is 28.7. The highest BCUT2D eigenvalue weighted by atomic mass is 16.6. The number of hydrogen-bond acceptors (Lipinski definition) is 8. The van der Waals surface area contributed by atoms with Gasteiger partial charge in [-0.25, -0.2) is 9.78 Å². The zero-order valence-corrected chi connectivity index (χ0v) is 23.5. The van der Waals surface area contributed by atoms with Crippen LogP contribution >= 0.6 is 0 Å². The van der Waals surface area contributed by atoms with E-state index in [4.69, 9.17) is 4.74 Å². The number of hydrogen-bond donors (Lipinski definition) is 2. The van der Waals surface area contributed by atoms with Crippen molar-refractivity contribution in [1.82, 2.24) is 40.3 Å². The lowest BCUT2D eigenvalue weighted by atomic mass is 10.0. The third-order valence-electron chi connectivity index (χ3n) is 6.20. The summed E-state index contributed by atoms with van der Waals surface area (Å²) in [5.41, 5.74) is 3.57. The van der Waals surface area contributed by atoms with Gasteiger partial charge in [0, 0.05) is 37.5 Å². The summed E-state index contributed by atoms with van der Waals surface area (Å²) < 4.78 is 6.95. The van der Waals surface area contributed by atoms with E-state index in [2.05, 4.69) is 36.0 Å². The molecule has 0 aliphatic carbocycles. The first-order valence-electron chi connectivity index (χ1n) is 13.2. The van der Waals surface area contributed by atoms with E-state index in [0.29, 0.717) is 17.2 Å². The van der Waals surface area contributed by atoms with Crippen LogP contribution in [0.25, 0.3) is 22.6 Å². The van der Waals surface area contributed by atoms with E-state index in [-0.39, 0.29) is 17.6 Å². The number of likely N-dealkylation sites (tertiary alicyclic amines) is 1. The number of tetrazole rings is 1. The van der Waals surface area contributed by atoms with Crippen LogP contribution in [-0.4, -0.2) is 71.0 Å². The normalized spacial score (nSPS) is 13.3. The van der Waals surface area contributed by atoms with Gasteiger partial charge in [-0.15, -0.1) is 10.2 Å². The van der Waals surface area contributed by atoms with E-state index in [1.54, 1.807) is 34.1 Å². The molecule has 2 N–H and O–H groups in total. The van der Waals surface area contributed by atoms with E-state index in [1.165, 1.54) is 6.42 Å². The summed E-state index contributed by atoms with van der Waals surface area (Å²) in [6.07, 6.45) is 6.68. The van der Waals surface area contributed by atoms with Gasteiger partial charge in [-0.3, -0.25) is 9.48 Å². The van der Waals surface area contributed by atoms with Crippen LogP contribution in [0.1, 0.15) is 56.0 Å². The Bertz CT molecular complexity index is 1420. The van der Waals surface area contributed by atoms with Gasteiger partial charge >= 0.3 is 6.09 Å². The molecular weight excluding hydrogens is 510 g/mol. The molecule has 40 heavy (non-hydrogen) atoms. The Morgan fingerprint density at radius 3 is 2.40 bits per heavy atom. The first kappa shape index (κ1) is 28.4. The molecule has 1 aliphatic rings. The molecule has 1 saturated heterocycles. The Kier molecular flexibility index (Phi) is 8.87. The van der Waals surface area contributed by atoms with Crippen LogP contribution in [0.5, 0.6) is 0 Å². The summed E-state index contributed by atoms with van der Waals surface area (Å²) in [5, 5.41) is 21.2. The molecule has 12 nitrogen and oxygen atoms in total. The molecule has 0 unspecified atom stereocenters. The van der Waals surface area contributed by atoms with E-state index < -0.39 is 0 Å². The number of benzene rings is 1. The summed E-state index contributed by atoms with van der Waals surface area (Å²) in [6.45, 7) is 9.30. The van der Waals surface area contributed by atoms with Gasteiger partial charge in [0.25, 0.3) is 5.91 Å². The maximum Gasteiger partial charge on any atom is 0.410 e. The Morgan fingerprint density at radius 1 is 1.05 bits per heavy atom. The minimum Gasteiger partial charge on any atom is -0.444 e. The molecule has 3 aromatic heterocycles. The van der Waals surface area contributed by atoms with Gasteiger partial charge in [0.2, 0.25) is 5.82 Å². The number of aryl methyl sites for hydroxylation is 2. The molecule has 4 heterocycles. The summed E-state index contributed by atoms with van der Waals surface area (Å²) in [6, 6.07) is 11.0. The number of nitrogens with zero attached hydrogens (tertiary/aromatic N) is 7. The van der Waals surface area contributed by atoms with Gasteiger partial charge in [-0.1, -0.05) is 18.2 Å². The molecule has 1 fully saturated rings. The van der Waals surface area contributed by atoms with Gasteiger partial charge in [0.05, 0.1) is 6.20 Å². The number of rotatable bonds is 4. The highest BCUT2D eigenvalue weighted by Gasteiger charge is 2.23. The van der Waals surface area contributed by atoms with Crippen LogP contribution in [0.2, 0.25) is 0 Å². The van der Waals surface area contributed by atoms with Crippen molar-refractivity contribution in [1.29, 1.82) is 0 Å². The van der Waals surface area contributed by atoms with E-state index in [9.17, 15) is 9.59 Å². The minimum absolute atomic E-state index is 0.160. The summed E-state index contributed by atoms with van der Waals surface area (Å²) in [4.78, 5) is 30.0. The lowest BCUT2D eigenvalue weighted by Crippen LogP contribution is -2.39. The smallest absolute Gasteiger partial charge is 0.410 e. The van der Waals surface area contributed by atoms with E-state index in [0.717, 1.165) is 48.3 Å². The third kappa shape index (κ3) is 7.28. The van der Waals surface area contributed by atoms with Crippen LogP contribution in [0.4, 0.5) is 10.6 Å². The second kappa shape index (κ2) is 12.5. The van der Waals surface area contributed by atoms with Crippen molar-refractivity contribution in [2.45, 2.75) is 52.6 Å². The monoisotopic (exact) mass is 545 g/mol. The standard InChI is InChI=1S/C18H16N8O.C10H19NO2/c1-11-4-3-9-19-16(11)21-18(27)13-7-5-12(6-8-13)14-10-20-26(2)15(14)17-22-24-25-23-17;1-10(2,3)13-9(12)11-7-5-4-6-8-11/h3-10H,1-2H3,(H,19,21,27)(H,22,23,24,25);4-8H2,1-3H3. The van der Waals surface area contributed by atoms with Crippen molar-refractivity contribution in [3.63, 3.8) is 0 Å². The fraction of sp³-hybridized carbons (Fsp3) is 0.393. The number of amides is 2. The van der Waals surface area contributed by atoms with Crippen LogP contribution < -0.4 is 5.32 Å². The fourth-order valence-corrected chi connectivity index (χ4v) is 4.18. The summed E-state index contributed by atoms with van der Waals surface area (Å²) >= 11 is 0. The molecule has 0 radical (unpaired) electrons. The van der Waals surface area contributed by atoms with Crippen molar-refractivity contribution in [2.75, 3.05) is 18.4 Å². The van der Waals surface area contributed by atoms with Crippen molar-refractivity contribution >= 4 is 17.8 Å².